The van der Waals surface area contributed by atoms with Crippen molar-refractivity contribution >= 4 is 11.9 Å². The molecule has 1 rings (SSSR count). The lowest BCUT2D eigenvalue weighted by molar-refractivity contribution is -0.151. The average Bonchev–Trinajstić information content (AvgIpc) is 2.36. The monoisotopic (exact) mass is 237 g/mol. The number of carbonyl (C=O) groups is 2. The molecule has 0 fully saturated rings. The van der Waals surface area contributed by atoms with Crippen molar-refractivity contribution < 1.29 is 19.1 Å². The van der Waals surface area contributed by atoms with Gasteiger partial charge in [-0.1, -0.05) is 30.3 Å². The zero-order chi connectivity index (χ0) is 12.7. The van der Waals surface area contributed by atoms with Crippen LogP contribution in [0.25, 0.3) is 0 Å². The predicted molar refractivity (Wildman–Crippen MR) is 60.8 cm³/mol. The number of nitrogens with two attached hydrogens (primary N) is 1. The first-order valence-electron chi connectivity index (χ1n) is 5.16. The molecule has 0 saturated heterocycles. The minimum absolute atomic E-state index is 0.174. The van der Waals surface area contributed by atoms with E-state index in [0.29, 0.717) is 0 Å². The number of benzene rings is 1. The van der Waals surface area contributed by atoms with Crippen LogP contribution in [-0.2, 0) is 25.7 Å². The van der Waals surface area contributed by atoms with Gasteiger partial charge in [-0.25, -0.2) is 0 Å². The number of carbonyl (C=O) groups excluding carboxylic acids is 2. The summed E-state index contributed by atoms with van der Waals surface area (Å²) in [6.45, 7) is 0.174. The Labute approximate surface area is 99.5 Å². The van der Waals surface area contributed by atoms with Crippen LogP contribution < -0.4 is 5.73 Å². The van der Waals surface area contributed by atoms with Crippen LogP contribution in [-0.4, -0.2) is 25.1 Å². The van der Waals surface area contributed by atoms with Crippen LogP contribution >= 0.6 is 0 Å². The summed E-state index contributed by atoms with van der Waals surface area (Å²) in [5, 5.41) is 0. The molecule has 0 unspecified atom stereocenters. The summed E-state index contributed by atoms with van der Waals surface area (Å²) in [7, 11) is 1.22. The van der Waals surface area contributed by atoms with Gasteiger partial charge in [-0.2, -0.15) is 0 Å². The Morgan fingerprint density at radius 2 is 1.94 bits per heavy atom. The summed E-state index contributed by atoms with van der Waals surface area (Å²) in [6.07, 6.45) is -0.181. The Kier molecular flexibility index (Phi) is 5.16. The van der Waals surface area contributed by atoms with Crippen LogP contribution in [0.2, 0.25) is 0 Å². The highest BCUT2D eigenvalue weighted by molar-refractivity contribution is 5.82. The maximum absolute atomic E-state index is 11.3. The van der Waals surface area contributed by atoms with Crippen molar-refractivity contribution in [3.8, 4) is 0 Å². The first-order valence-corrected chi connectivity index (χ1v) is 5.16. The highest BCUT2D eigenvalue weighted by atomic mass is 16.5. The Bertz CT molecular complexity index is 377. The molecule has 17 heavy (non-hydrogen) atoms. The minimum Gasteiger partial charge on any atom is -0.468 e. The van der Waals surface area contributed by atoms with Crippen LogP contribution in [0.4, 0.5) is 0 Å². The van der Waals surface area contributed by atoms with E-state index in [1.807, 2.05) is 30.3 Å². The van der Waals surface area contributed by atoms with Crippen molar-refractivity contribution in [3.05, 3.63) is 35.9 Å². The van der Waals surface area contributed by atoms with E-state index in [4.69, 9.17) is 10.5 Å². The Morgan fingerprint density at radius 1 is 1.29 bits per heavy atom. The fourth-order valence-corrected chi connectivity index (χ4v) is 1.21. The van der Waals surface area contributed by atoms with E-state index in [-0.39, 0.29) is 13.0 Å². The van der Waals surface area contributed by atoms with Gasteiger partial charge < -0.3 is 15.2 Å². The molecule has 5 nitrogen and oxygen atoms in total. The van der Waals surface area contributed by atoms with Gasteiger partial charge in [0, 0.05) is 0 Å². The first-order chi connectivity index (χ1) is 8.13. The minimum atomic E-state index is -0.969. The molecule has 5 heteroatoms. The SMILES string of the molecule is COC(=O)[C@@H](N)CC(=O)OCc1ccccc1. The third kappa shape index (κ3) is 4.65. The number of hydrogen-bond donors (Lipinski definition) is 1. The Morgan fingerprint density at radius 3 is 2.53 bits per heavy atom. The van der Waals surface area contributed by atoms with Crippen molar-refractivity contribution in [3.63, 3.8) is 0 Å². The molecule has 0 spiro atoms. The standard InChI is InChI=1S/C12H15NO4/c1-16-12(15)10(13)7-11(14)17-8-9-5-3-2-4-6-9/h2-6,10H,7-8,13H2,1H3/t10-/m0/s1. The topological polar surface area (TPSA) is 78.6 Å². The van der Waals surface area contributed by atoms with E-state index in [1.54, 1.807) is 0 Å². The van der Waals surface area contributed by atoms with E-state index < -0.39 is 18.0 Å². The quantitative estimate of drug-likeness (QED) is 0.759. The van der Waals surface area contributed by atoms with E-state index in [2.05, 4.69) is 4.74 Å². The molecule has 0 radical (unpaired) electrons. The summed E-state index contributed by atoms with van der Waals surface area (Å²) in [6, 6.07) is 8.29. The molecular weight excluding hydrogens is 222 g/mol. The van der Waals surface area contributed by atoms with Gasteiger partial charge in [-0.05, 0) is 5.56 Å². The van der Waals surface area contributed by atoms with Crippen LogP contribution in [0.15, 0.2) is 30.3 Å². The molecule has 0 aromatic heterocycles. The highest BCUT2D eigenvalue weighted by Crippen LogP contribution is 2.02. The molecule has 0 amide bonds. The van der Waals surface area contributed by atoms with Gasteiger partial charge >= 0.3 is 11.9 Å². The van der Waals surface area contributed by atoms with E-state index >= 15 is 0 Å². The fourth-order valence-electron chi connectivity index (χ4n) is 1.21. The van der Waals surface area contributed by atoms with Gasteiger partial charge in [-0.3, -0.25) is 9.59 Å². The fraction of sp³-hybridized carbons (Fsp3) is 0.333. The van der Waals surface area contributed by atoms with Crippen molar-refractivity contribution in [2.24, 2.45) is 5.73 Å². The lowest BCUT2D eigenvalue weighted by atomic mass is 10.2. The first kappa shape index (κ1) is 13.2. The molecule has 0 bridgehead atoms. The molecule has 0 saturated carbocycles. The zero-order valence-corrected chi connectivity index (χ0v) is 9.59. The van der Waals surface area contributed by atoms with E-state index in [9.17, 15) is 9.59 Å². The third-order valence-corrected chi connectivity index (χ3v) is 2.13. The van der Waals surface area contributed by atoms with Crippen LogP contribution in [0.3, 0.4) is 0 Å². The highest BCUT2D eigenvalue weighted by Gasteiger charge is 2.18. The summed E-state index contributed by atoms with van der Waals surface area (Å²) >= 11 is 0. The van der Waals surface area contributed by atoms with Gasteiger partial charge in [0.05, 0.1) is 13.5 Å². The lowest BCUT2D eigenvalue weighted by Crippen LogP contribution is -2.34. The second-order valence-electron chi connectivity index (χ2n) is 3.48. The van der Waals surface area contributed by atoms with Gasteiger partial charge in [-0.15, -0.1) is 0 Å². The van der Waals surface area contributed by atoms with Crippen LogP contribution in [0.1, 0.15) is 12.0 Å². The van der Waals surface area contributed by atoms with Gasteiger partial charge in [0.15, 0.2) is 0 Å². The normalized spacial score (nSPS) is 11.6. The maximum atomic E-state index is 11.3. The van der Waals surface area contributed by atoms with Crippen LogP contribution in [0, 0.1) is 0 Å². The number of esters is 2. The van der Waals surface area contributed by atoms with Crippen molar-refractivity contribution in [1.82, 2.24) is 0 Å². The second-order valence-corrected chi connectivity index (χ2v) is 3.48. The summed E-state index contributed by atoms with van der Waals surface area (Å²) in [5.41, 5.74) is 6.30. The zero-order valence-electron chi connectivity index (χ0n) is 9.59. The molecular formula is C12H15NO4. The number of methoxy groups -OCH3 is 1. The third-order valence-electron chi connectivity index (χ3n) is 2.13. The average molecular weight is 237 g/mol. The number of ether oxygens (including phenoxy) is 2. The molecule has 1 atom stereocenters. The molecule has 2 N–H and O–H groups in total. The lowest BCUT2D eigenvalue weighted by Gasteiger charge is -2.09. The maximum Gasteiger partial charge on any atom is 0.323 e. The molecule has 1 aromatic carbocycles. The van der Waals surface area contributed by atoms with Crippen molar-refractivity contribution in [2.75, 3.05) is 7.11 Å². The molecule has 0 aliphatic carbocycles. The van der Waals surface area contributed by atoms with Crippen LogP contribution in [0.5, 0.6) is 0 Å². The molecule has 1 aromatic rings. The van der Waals surface area contributed by atoms with Gasteiger partial charge in [0.2, 0.25) is 0 Å². The molecule has 0 aliphatic rings. The van der Waals surface area contributed by atoms with Gasteiger partial charge in [0.25, 0.3) is 0 Å². The van der Waals surface area contributed by atoms with Crippen molar-refractivity contribution in [1.29, 1.82) is 0 Å². The summed E-state index contributed by atoms with van der Waals surface area (Å²) < 4.78 is 9.37. The summed E-state index contributed by atoms with van der Waals surface area (Å²) in [5.74, 6) is -1.14. The Hall–Kier alpha value is -1.88. The van der Waals surface area contributed by atoms with Crippen molar-refractivity contribution in [2.45, 2.75) is 19.1 Å². The summed E-state index contributed by atoms with van der Waals surface area (Å²) in [4.78, 5) is 22.3. The smallest absolute Gasteiger partial charge is 0.323 e. The van der Waals surface area contributed by atoms with Gasteiger partial charge in [0.1, 0.15) is 12.6 Å². The molecule has 0 aliphatic heterocycles. The number of hydrogen-bond acceptors (Lipinski definition) is 5. The Balaban J connectivity index is 2.33. The number of rotatable bonds is 5. The molecule has 92 valence electrons. The largest absolute Gasteiger partial charge is 0.468 e. The van der Waals surface area contributed by atoms with E-state index in [0.717, 1.165) is 5.56 Å². The second kappa shape index (κ2) is 6.65. The predicted octanol–water partition coefficient (Wildman–Crippen LogP) is 0.620. The van der Waals surface area contributed by atoms with E-state index in [1.165, 1.54) is 7.11 Å². The molecule has 0 heterocycles.